The normalized spacial score (nSPS) is 15.5. The van der Waals surface area contributed by atoms with E-state index in [4.69, 9.17) is 5.73 Å². The van der Waals surface area contributed by atoms with Gasteiger partial charge in [0.25, 0.3) is 0 Å². The first-order valence-electron chi connectivity index (χ1n) is 11.8. The summed E-state index contributed by atoms with van der Waals surface area (Å²) in [7, 11) is 3.86. The third-order valence-electron chi connectivity index (χ3n) is 5.40. The topological polar surface area (TPSA) is 108 Å². The fraction of sp³-hybridized carbons (Fsp3) is 0.148. The minimum Gasteiger partial charge on any atom is -0.406 e. The van der Waals surface area contributed by atoms with E-state index in [9.17, 15) is 18.0 Å². The molecule has 1 aliphatic rings. The van der Waals surface area contributed by atoms with Gasteiger partial charge >= 0.3 is 6.36 Å². The number of rotatable bonds is 8. The number of alkyl halides is 3. The first-order valence-corrected chi connectivity index (χ1v) is 12.7. The molecule has 0 radical (unpaired) electrons. The van der Waals surface area contributed by atoms with Crippen molar-refractivity contribution in [2.75, 3.05) is 29.6 Å². The van der Waals surface area contributed by atoms with E-state index in [1.54, 1.807) is 35.4 Å². The van der Waals surface area contributed by atoms with Crippen LogP contribution in [0.1, 0.15) is 11.1 Å². The summed E-state index contributed by atoms with van der Waals surface area (Å²) in [5, 5.41) is 8.91. The lowest BCUT2D eigenvalue weighted by Gasteiger charge is -2.18. The highest BCUT2D eigenvalue weighted by atomic mass is 32.2. The van der Waals surface area contributed by atoms with Gasteiger partial charge in [-0.1, -0.05) is 42.1 Å². The Kier molecular flexibility index (Phi) is 8.84. The van der Waals surface area contributed by atoms with Crippen molar-refractivity contribution in [2.24, 2.45) is 25.9 Å². The third-order valence-corrected chi connectivity index (χ3v) is 6.31. The molecule has 1 heterocycles. The van der Waals surface area contributed by atoms with E-state index in [-0.39, 0.29) is 23.2 Å². The number of amidine groups is 2. The molecule has 1 fully saturated rings. The Morgan fingerprint density at radius 2 is 1.80 bits per heavy atom. The van der Waals surface area contributed by atoms with Crippen LogP contribution in [0.4, 0.5) is 30.2 Å². The lowest BCUT2D eigenvalue weighted by molar-refractivity contribution is -0.274. The number of hydrogen-bond acceptors (Lipinski definition) is 7. The van der Waals surface area contributed by atoms with Crippen molar-refractivity contribution in [3.05, 3.63) is 83.9 Å². The number of anilines is 2. The number of amides is 1. The average Bonchev–Trinajstić information content (AvgIpc) is 3.29. The molecule has 1 saturated heterocycles. The van der Waals surface area contributed by atoms with E-state index >= 15 is 0 Å². The van der Waals surface area contributed by atoms with Crippen molar-refractivity contribution >= 4 is 58.3 Å². The summed E-state index contributed by atoms with van der Waals surface area (Å²) in [6.07, 6.45) is -1.98. The Morgan fingerprint density at radius 3 is 2.48 bits per heavy atom. The quantitative estimate of drug-likeness (QED) is 0.229. The van der Waals surface area contributed by atoms with Gasteiger partial charge in [0.15, 0.2) is 5.17 Å². The van der Waals surface area contributed by atoms with Crippen molar-refractivity contribution in [1.29, 1.82) is 0 Å². The second kappa shape index (κ2) is 12.5. The summed E-state index contributed by atoms with van der Waals surface area (Å²) in [6, 6.07) is 19.7. The maximum Gasteiger partial charge on any atom is 0.573 e. The van der Waals surface area contributed by atoms with Crippen LogP contribution in [-0.2, 0) is 4.79 Å². The molecular weight excluding hydrogens is 543 g/mol. The van der Waals surface area contributed by atoms with Gasteiger partial charge in [0.05, 0.1) is 23.3 Å². The van der Waals surface area contributed by atoms with Gasteiger partial charge in [-0.25, -0.2) is 9.98 Å². The Bertz CT molecular complexity index is 1470. The molecule has 0 spiro atoms. The first-order chi connectivity index (χ1) is 19.1. The van der Waals surface area contributed by atoms with Crippen LogP contribution in [0.3, 0.4) is 0 Å². The molecule has 2 N–H and O–H groups in total. The number of carbonyl (C=O) groups is 1. The van der Waals surface area contributed by atoms with E-state index in [2.05, 4.69) is 24.9 Å². The van der Waals surface area contributed by atoms with Crippen molar-refractivity contribution in [3.8, 4) is 5.75 Å². The summed E-state index contributed by atoms with van der Waals surface area (Å²) < 4.78 is 40.6. The smallest absolute Gasteiger partial charge is 0.406 e. The van der Waals surface area contributed by atoms with Crippen LogP contribution in [0.5, 0.6) is 5.75 Å². The lowest BCUT2D eigenvalue weighted by Crippen LogP contribution is -2.29. The molecule has 0 aromatic heterocycles. The van der Waals surface area contributed by atoms with Gasteiger partial charge in [-0.2, -0.15) is 5.10 Å². The van der Waals surface area contributed by atoms with E-state index < -0.39 is 6.36 Å². The molecular formula is C27H24F3N7O2S. The standard InChI is InChI=1S/C27H24F3N7O2S/c1-36(2)21-4-3-5-22(14-21)37-24(38)16-40-26(37)35-34-15-18-6-8-19(9-7-18)25(31)33-17-32-20-10-12-23(13-11-20)39-27(28,29)30/h3-15,17H,16H2,1-2H3,(H2,31,32,33)/b34-15-,35-26+. The highest BCUT2D eigenvalue weighted by Gasteiger charge is 2.31. The molecule has 3 aromatic rings. The predicted molar refractivity (Wildman–Crippen MR) is 154 cm³/mol. The summed E-state index contributed by atoms with van der Waals surface area (Å²) in [4.78, 5) is 24.1. The molecule has 1 aliphatic heterocycles. The molecule has 1 amide bonds. The first kappa shape index (κ1) is 28.4. The van der Waals surface area contributed by atoms with Gasteiger partial charge in [-0.3, -0.25) is 9.69 Å². The fourth-order valence-electron chi connectivity index (χ4n) is 3.45. The van der Waals surface area contributed by atoms with Crippen LogP contribution in [0.25, 0.3) is 0 Å². The monoisotopic (exact) mass is 567 g/mol. The Morgan fingerprint density at radius 1 is 1.07 bits per heavy atom. The molecule has 0 aliphatic carbocycles. The predicted octanol–water partition coefficient (Wildman–Crippen LogP) is 5.19. The average molecular weight is 568 g/mol. The number of carbonyl (C=O) groups excluding carboxylic acids is 1. The van der Waals surface area contributed by atoms with E-state index in [0.717, 1.165) is 29.1 Å². The minimum atomic E-state index is -4.76. The molecule has 40 heavy (non-hydrogen) atoms. The van der Waals surface area contributed by atoms with Gasteiger partial charge in [-0.15, -0.1) is 18.3 Å². The maximum absolute atomic E-state index is 12.5. The number of thioether (sulfide) groups is 1. The maximum atomic E-state index is 12.5. The fourth-order valence-corrected chi connectivity index (χ4v) is 4.27. The second-order valence-electron chi connectivity index (χ2n) is 8.48. The Balaban J connectivity index is 1.38. The molecule has 0 atom stereocenters. The SMILES string of the molecule is CN(C)c1cccc(N2C(=O)CS/C2=N/N=C\c2ccc(C(N)=NC=Nc3ccc(OC(F)(F)F)cc3)cc2)c1. The van der Waals surface area contributed by atoms with Crippen molar-refractivity contribution in [3.63, 3.8) is 0 Å². The summed E-state index contributed by atoms with van der Waals surface area (Å²) in [5.74, 6) is 0.0765. The second-order valence-corrected chi connectivity index (χ2v) is 9.42. The van der Waals surface area contributed by atoms with Crippen LogP contribution >= 0.6 is 11.8 Å². The zero-order chi connectivity index (χ0) is 28.7. The van der Waals surface area contributed by atoms with Crippen LogP contribution in [0.15, 0.2) is 93.0 Å². The zero-order valence-corrected chi connectivity index (χ0v) is 22.2. The summed E-state index contributed by atoms with van der Waals surface area (Å²) >= 11 is 1.32. The summed E-state index contributed by atoms with van der Waals surface area (Å²) in [6.45, 7) is 0. The van der Waals surface area contributed by atoms with Crippen LogP contribution in [0.2, 0.25) is 0 Å². The van der Waals surface area contributed by atoms with Gasteiger partial charge in [0.2, 0.25) is 5.91 Å². The number of hydrogen-bond donors (Lipinski definition) is 1. The highest BCUT2D eigenvalue weighted by Crippen LogP contribution is 2.29. The van der Waals surface area contributed by atoms with Gasteiger partial charge < -0.3 is 15.4 Å². The molecule has 0 saturated carbocycles. The number of nitrogens with zero attached hydrogens (tertiary/aromatic N) is 6. The molecule has 206 valence electrons. The van der Waals surface area contributed by atoms with E-state index in [1.165, 1.54) is 30.2 Å². The Labute approximate surface area is 232 Å². The van der Waals surface area contributed by atoms with Gasteiger partial charge in [0, 0.05) is 25.3 Å². The zero-order valence-electron chi connectivity index (χ0n) is 21.4. The molecule has 4 rings (SSSR count). The molecule has 13 heteroatoms. The van der Waals surface area contributed by atoms with Gasteiger partial charge in [-0.05, 0) is 48.0 Å². The van der Waals surface area contributed by atoms with Crippen molar-refractivity contribution < 1.29 is 22.7 Å². The van der Waals surface area contributed by atoms with E-state index in [1.807, 2.05) is 43.3 Å². The Hall–Kier alpha value is -4.65. The van der Waals surface area contributed by atoms with Gasteiger partial charge in [0.1, 0.15) is 17.9 Å². The van der Waals surface area contributed by atoms with Crippen LogP contribution < -0.4 is 20.3 Å². The molecule has 3 aromatic carbocycles. The number of benzene rings is 3. The number of nitrogens with two attached hydrogens (primary N) is 1. The molecule has 0 bridgehead atoms. The summed E-state index contributed by atoms with van der Waals surface area (Å²) in [5.41, 5.74) is 9.47. The van der Waals surface area contributed by atoms with Crippen LogP contribution in [-0.4, -0.2) is 55.7 Å². The number of ether oxygens (including phenoxy) is 1. The van der Waals surface area contributed by atoms with Crippen molar-refractivity contribution in [1.82, 2.24) is 0 Å². The lowest BCUT2D eigenvalue weighted by atomic mass is 10.1. The third kappa shape index (κ3) is 7.69. The van der Waals surface area contributed by atoms with Crippen LogP contribution in [0, 0.1) is 0 Å². The van der Waals surface area contributed by atoms with E-state index in [0.29, 0.717) is 16.4 Å². The van der Waals surface area contributed by atoms with Crippen molar-refractivity contribution in [2.45, 2.75) is 6.36 Å². The highest BCUT2D eigenvalue weighted by molar-refractivity contribution is 8.15. The largest absolute Gasteiger partial charge is 0.573 e. The molecule has 9 nitrogen and oxygen atoms in total. The number of halogens is 3. The number of aliphatic imine (C=N–C) groups is 2. The molecule has 0 unspecified atom stereocenters. The minimum absolute atomic E-state index is 0.0648.